The Hall–Kier alpha value is -0.870. The fraction of sp³-hybridized carbons (Fsp3) is 0.893. The van der Waals surface area contributed by atoms with Gasteiger partial charge in [0.15, 0.2) is 0 Å². The average molecular weight is 443 g/mol. The predicted molar refractivity (Wildman–Crippen MR) is 129 cm³/mol. The summed E-state index contributed by atoms with van der Waals surface area (Å²) in [6.45, 7) is 12.1. The topological polar surface area (TPSA) is 43.8 Å². The number of fused-ring (bicyclic) bond motifs is 2. The van der Waals surface area contributed by atoms with Crippen LogP contribution in [0.15, 0.2) is 12.2 Å². The van der Waals surface area contributed by atoms with E-state index >= 15 is 0 Å². The van der Waals surface area contributed by atoms with Gasteiger partial charge in [0, 0.05) is 25.0 Å². The van der Waals surface area contributed by atoms with Crippen LogP contribution < -0.4 is 0 Å². The van der Waals surface area contributed by atoms with E-state index < -0.39 is 0 Å². The lowest BCUT2D eigenvalue weighted by molar-refractivity contribution is -0.127. The van der Waals surface area contributed by atoms with Gasteiger partial charge in [0.1, 0.15) is 0 Å². The standard InChI is InChI=1S/C28H46N2O2/c1-18(30(8)17-31)23-19(32)15-26(5)21-10-9-20-24(2,3)22(29(6)7)11-12-27(20)16-28(21,27)14-13-25(23,26)4/h9-10,17-23,32H,11-16H2,1-8H3/t18-,19+,20+,21+,22-,23-,25+,26-,27+,28-/m0/s1. The lowest BCUT2D eigenvalue weighted by Gasteiger charge is -2.62. The van der Waals surface area contributed by atoms with Crippen molar-refractivity contribution in [3.8, 4) is 0 Å². The number of amides is 1. The Bertz CT molecular complexity index is 837. The highest BCUT2D eigenvalue weighted by Crippen LogP contribution is 2.87. The largest absolute Gasteiger partial charge is 0.393 e. The number of nitrogens with zero attached hydrogens (tertiary/aromatic N) is 2. The molecule has 180 valence electrons. The minimum absolute atomic E-state index is 0.0519. The van der Waals surface area contributed by atoms with E-state index in [9.17, 15) is 9.90 Å². The molecule has 2 spiro atoms. The molecule has 0 unspecified atom stereocenters. The summed E-state index contributed by atoms with van der Waals surface area (Å²) < 4.78 is 0. The van der Waals surface area contributed by atoms with Gasteiger partial charge in [0.2, 0.25) is 6.41 Å². The van der Waals surface area contributed by atoms with Crippen molar-refractivity contribution in [3.63, 3.8) is 0 Å². The quantitative estimate of drug-likeness (QED) is 0.512. The van der Waals surface area contributed by atoms with E-state index in [-0.39, 0.29) is 34.3 Å². The SMILES string of the molecule is C[C@@H]([C@H]1[C@H](O)C[C@@]2(C)[C@H]3C=C[C@@H]4C(C)(C)[C@@H](N(C)C)CC[C@@]45C[C@@]35CC[C@]12C)N(C)C=O. The highest BCUT2D eigenvalue weighted by molar-refractivity contribution is 5.47. The van der Waals surface area contributed by atoms with E-state index in [1.54, 1.807) is 4.90 Å². The van der Waals surface area contributed by atoms with Crippen molar-refractivity contribution in [2.24, 2.45) is 44.8 Å². The number of aliphatic hydroxyl groups excluding tert-OH is 1. The van der Waals surface area contributed by atoms with Crippen LogP contribution in [0.4, 0.5) is 0 Å². The molecule has 0 bridgehead atoms. The molecule has 32 heavy (non-hydrogen) atoms. The van der Waals surface area contributed by atoms with E-state index in [0.717, 1.165) is 12.8 Å². The Morgan fingerprint density at radius 1 is 0.969 bits per heavy atom. The molecule has 1 N–H and O–H groups in total. The van der Waals surface area contributed by atoms with Crippen molar-refractivity contribution >= 4 is 6.41 Å². The van der Waals surface area contributed by atoms with Crippen LogP contribution in [0.5, 0.6) is 0 Å². The van der Waals surface area contributed by atoms with E-state index in [1.165, 1.54) is 32.1 Å². The Morgan fingerprint density at radius 3 is 2.22 bits per heavy atom. The monoisotopic (exact) mass is 442 g/mol. The summed E-state index contributed by atoms with van der Waals surface area (Å²) in [6.07, 6.45) is 13.2. The second-order valence-corrected chi connectivity index (χ2v) is 13.8. The van der Waals surface area contributed by atoms with Crippen LogP contribution in [-0.4, -0.2) is 60.6 Å². The molecule has 0 aliphatic heterocycles. The van der Waals surface area contributed by atoms with Crippen molar-refractivity contribution in [2.45, 2.75) is 91.3 Å². The summed E-state index contributed by atoms with van der Waals surface area (Å²) in [5.74, 6) is 1.34. The molecule has 4 heteroatoms. The van der Waals surface area contributed by atoms with Crippen LogP contribution in [0.1, 0.15) is 73.1 Å². The number of aliphatic hydroxyl groups is 1. The maximum absolute atomic E-state index is 11.6. The van der Waals surface area contributed by atoms with Crippen LogP contribution in [0, 0.1) is 44.8 Å². The summed E-state index contributed by atoms with van der Waals surface area (Å²) in [6, 6.07) is 0.699. The molecule has 0 aromatic heterocycles. The second kappa shape index (κ2) is 6.62. The number of hydrogen-bond donors (Lipinski definition) is 1. The second-order valence-electron chi connectivity index (χ2n) is 13.8. The van der Waals surface area contributed by atoms with Gasteiger partial charge in [-0.05, 0) is 98.5 Å². The van der Waals surface area contributed by atoms with Crippen LogP contribution in [0.25, 0.3) is 0 Å². The first-order valence-electron chi connectivity index (χ1n) is 13.0. The highest BCUT2D eigenvalue weighted by atomic mass is 16.3. The molecule has 1 amide bonds. The molecule has 4 nitrogen and oxygen atoms in total. The van der Waals surface area contributed by atoms with Crippen LogP contribution in [0.2, 0.25) is 0 Å². The molecule has 0 radical (unpaired) electrons. The Labute approximate surface area is 195 Å². The minimum Gasteiger partial charge on any atom is -0.393 e. The van der Waals surface area contributed by atoms with E-state index in [4.69, 9.17) is 0 Å². The maximum Gasteiger partial charge on any atom is 0.209 e. The molecule has 5 rings (SSSR count). The number of carbonyl (C=O) groups excluding carboxylic acids is 1. The van der Waals surface area contributed by atoms with Gasteiger partial charge < -0.3 is 14.9 Å². The zero-order chi connectivity index (χ0) is 23.5. The van der Waals surface area contributed by atoms with E-state index in [2.05, 4.69) is 65.8 Å². The van der Waals surface area contributed by atoms with Gasteiger partial charge in [-0.1, -0.05) is 39.8 Å². The molecule has 0 aromatic carbocycles. The van der Waals surface area contributed by atoms with E-state index in [1.807, 2.05) is 7.05 Å². The maximum atomic E-state index is 11.6. The van der Waals surface area contributed by atoms with Crippen LogP contribution in [0.3, 0.4) is 0 Å². The van der Waals surface area contributed by atoms with Crippen molar-refractivity contribution in [1.29, 1.82) is 0 Å². The van der Waals surface area contributed by atoms with Gasteiger partial charge in [-0.15, -0.1) is 0 Å². The van der Waals surface area contributed by atoms with Crippen molar-refractivity contribution in [3.05, 3.63) is 12.2 Å². The number of hydrogen-bond acceptors (Lipinski definition) is 3. The molecule has 0 saturated heterocycles. The summed E-state index contributed by atoms with van der Waals surface area (Å²) in [5.41, 5.74) is 1.30. The third-order valence-electron chi connectivity index (χ3n) is 12.5. The molecule has 4 saturated carbocycles. The summed E-state index contributed by atoms with van der Waals surface area (Å²) in [7, 11) is 6.39. The number of allylic oxidation sites excluding steroid dienone is 2. The molecule has 10 atom stereocenters. The highest BCUT2D eigenvalue weighted by Gasteiger charge is 2.82. The Balaban J connectivity index is 1.54. The van der Waals surface area contributed by atoms with Gasteiger partial charge in [0.05, 0.1) is 6.10 Å². The third kappa shape index (κ3) is 2.39. The molecule has 5 aliphatic carbocycles. The Kier molecular flexibility index (Phi) is 4.74. The Morgan fingerprint density at radius 2 is 1.59 bits per heavy atom. The van der Waals surface area contributed by atoms with Crippen molar-refractivity contribution < 1.29 is 9.90 Å². The molecule has 5 aliphatic rings. The molecule has 0 heterocycles. The molecular formula is C28H46N2O2. The van der Waals surface area contributed by atoms with Crippen LogP contribution in [-0.2, 0) is 4.79 Å². The smallest absolute Gasteiger partial charge is 0.209 e. The molecular weight excluding hydrogens is 396 g/mol. The van der Waals surface area contributed by atoms with Crippen LogP contribution >= 0.6 is 0 Å². The average Bonchev–Trinajstić information content (AvgIpc) is 3.31. The molecule has 4 fully saturated rings. The van der Waals surface area contributed by atoms with Gasteiger partial charge in [-0.2, -0.15) is 0 Å². The first-order chi connectivity index (χ1) is 14.8. The number of carbonyl (C=O) groups is 1. The zero-order valence-corrected chi connectivity index (χ0v) is 21.7. The first-order valence-corrected chi connectivity index (χ1v) is 13.0. The fourth-order valence-corrected chi connectivity index (χ4v) is 10.8. The van der Waals surface area contributed by atoms with Gasteiger partial charge >= 0.3 is 0 Å². The van der Waals surface area contributed by atoms with Crippen molar-refractivity contribution in [2.75, 3.05) is 21.1 Å². The lowest BCUT2D eigenvalue weighted by Crippen LogP contribution is -2.58. The van der Waals surface area contributed by atoms with Crippen molar-refractivity contribution in [1.82, 2.24) is 9.80 Å². The summed E-state index contributed by atoms with van der Waals surface area (Å²) in [5, 5.41) is 11.4. The first kappa shape index (κ1) is 22.9. The minimum atomic E-state index is -0.334. The lowest BCUT2D eigenvalue weighted by atomic mass is 9.43. The van der Waals surface area contributed by atoms with Gasteiger partial charge in [0.25, 0.3) is 0 Å². The summed E-state index contributed by atoms with van der Waals surface area (Å²) in [4.78, 5) is 15.8. The zero-order valence-electron chi connectivity index (χ0n) is 21.7. The predicted octanol–water partition coefficient (Wildman–Crippen LogP) is 4.58. The summed E-state index contributed by atoms with van der Waals surface area (Å²) >= 11 is 0. The fourth-order valence-electron chi connectivity index (χ4n) is 10.8. The van der Waals surface area contributed by atoms with Gasteiger partial charge in [-0.25, -0.2) is 0 Å². The van der Waals surface area contributed by atoms with Gasteiger partial charge in [-0.3, -0.25) is 4.79 Å². The third-order valence-corrected chi connectivity index (χ3v) is 12.5. The number of rotatable bonds is 4. The normalized spacial score (nSPS) is 53.6. The van der Waals surface area contributed by atoms with E-state index in [0.29, 0.717) is 28.7 Å². The molecule has 0 aromatic rings.